The average Bonchev–Trinajstić information content (AvgIpc) is 2.90. The van der Waals surface area contributed by atoms with Crippen LogP contribution in [0, 0.1) is 11.8 Å². The van der Waals surface area contributed by atoms with Crippen LogP contribution in [0.15, 0.2) is 11.4 Å². The molecule has 0 spiro atoms. The van der Waals surface area contributed by atoms with Gasteiger partial charge in [0.25, 0.3) is 0 Å². The minimum Gasteiger partial charge on any atom is -0.320 e. The third-order valence-corrected chi connectivity index (χ3v) is 4.82. The summed E-state index contributed by atoms with van der Waals surface area (Å²) in [6.45, 7) is 4.89. The monoisotopic (exact) mass is 276 g/mol. The third-order valence-electron chi connectivity index (χ3n) is 3.91. The number of hydrogen-bond donors (Lipinski definition) is 1. The van der Waals surface area contributed by atoms with Crippen LogP contribution in [0.25, 0.3) is 0 Å². The molecule has 1 heterocycles. The largest absolute Gasteiger partial charge is 0.320 e. The molecule has 0 radical (unpaired) electrons. The van der Waals surface area contributed by atoms with Crippen molar-refractivity contribution >= 4 is 11.3 Å². The molecular formula is C16H24N2S. The van der Waals surface area contributed by atoms with Crippen LogP contribution in [0.2, 0.25) is 0 Å². The summed E-state index contributed by atoms with van der Waals surface area (Å²) in [6.07, 6.45) is 6.93. The van der Waals surface area contributed by atoms with Gasteiger partial charge < -0.3 is 5.73 Å². The lowest BCUT2D eigenvalue weighted by Gasteiger charge is -2.33. The zero-order valence-corrected chi connectivity index (χ0v) is 12.6. The molecule has 1 aliphatic rings. The second-order valence-electron chi connectivity index (χ2n) is 5.12. The molecule has 0 bridgehead atoms. The molecule has 1 fully saturated rings. The zero-order chi connectivity index (χ0) is 13.5. The van der Waals surface area contributed by atoms with Crippen molar-refractivity contribution in [1.29, 1.82) is 0 Å². The molecule has 1 aromatic heterocycles. The van der Waals surface area contributed by atoms with Gasteiger partial charge in [0.1, 0.15) is 0 Å². The Morgan fingerprint density at radius 3 is 2.84 bits per heavy atom. The smallest absolute Gasteiger partial charge is 0.0555 e. The van der Waals surface area contributed by atoms with Crippen molar-refractivity contribution in [2.24, 2.45) is 5.73 Å². The van der Waals surface area contributed by atoms with Crippen LogP contribution in [-0.2, 0) is 6.54 Å². The van der Waals surface area contributed by atoms with E-state index < -0.39 is 0 Å². The number of hydrogen-bond acceptors (Lipinski definition) is 3. The number of rotatable bonds is 4. The molecule has 19 heavy (non-hydrogen) atoms. The highest BCUT2D eigenvalue weighted by Crippen LogP contribution is 2.26. The predicted octanol–water partition coefficient (Wildman–Crippen LogP) is 3.21. The highest BCUT2D eigenvalue weighted by Gasteiger charge is 2.20. The molecule has 2 rings (SSSR count). The molecule has 1 saturated carbocycles. The van der Waals surface area contributed by atoms with Crippen molar-refractivity contribution in [2.45, 2.75) is 51.6 Å². The van der Waals surface area contributed by atoms with Gasteiger partial charge in [0, 0.05) is 23.0 Å². The van der Waals surface area contributed by atoms with E-state index in [-0.39, 0.29) is 0 Å². The maximum Gasteiger partial charge on any atom is 0.0555 e. The summed E-state index contributed by atoms with van der Waals surface area (Å²) in [6, 6.07) is 2.90. The van der Waals surface area contributed by atoms with Crippen LogP contribution in [0.1, 0.15) is 49.5 Å². The summed E-state index contributed by atoms with van der Waals surface area (Å²) in [5.74, 6) is 6.16. The molecule has 2 N–H and O–H groups in total. The summed E-state index contributed by atoms with van der Waals surface area (Å²) < 4.78 is 0. The lowest BCUT2D eigenvalue weighted by atomic mass is 9.94. The van der Waals surface area contributed by atoms with E-state index in [1.165, 1.54) is 42.5 Å². The number of nitrogens with two attached hydrogens (primary N) is 1. The van der Waals surface area contributed by atoms with Gasteiger partial charge in [-0.15, -0.1) is 11.3 Å². The SMILES string of the molecule is CCN(Cc1sccc1C#CCN)C1CCCCC1. The molecule has 3 heteroatoms. The topological polar surface area (TPSA) is 29.3 Å². The van der Waals surface area contributed by atoms with E-state index in [0.29, 0.717) is 6.54 Å². The van der Waals surface area contributed by atoms with E-state index in [9.17, 15) is 0 Å². The normalized spacial score (nSPS) is 16.4. The molecular weight excluding hydrogens is 252 g/mol. The molecule has 104 valence electrons. The van der Waals surface area contributed by atoms with Gasteiger partial charge >= 0.3 is 0 Å². The molecule has 2 nitrogen and oxygen atoms in total. The first-order chi connectivity index (χ1) is 9.35. The van der Waals surface area contributed by atoms with Crippen molar-refractivity contribution in [3.63, 3.8) is 0 Å². The fourth-order valence-electron chi connectivity index (χ4n) is 2.85. The van der Waals surface area contributed by atoms with Crippen molar-refractivity contribution in [1.82, 2.24) is 4.90 Å². The fraction of sp³-hybridized carbons (Fsp3) is 0.625. The van der Waals surface area contributed by atoms with E-state index in [1.54, 1.807) is 0 Å². The van der Waals surface area contributed by atoms with Gasteiger partial charge in [-0.3, -0.25) is 4.90 Å². The molecule has 0 aliphatic heterocycles. The van der Waals surface area contributed by atoms with Gasteiger partial charge in [-0.25, -0.2) is 0 Å². The van der Waals surface area contributed by atoms with Crippen LogP contribution in [0.3, 0.4) is 0 Å². The average molecular weight is 276 g/mol. The summed E-state index contributed by atoms with van der Waals surface area (Å²) in [7, 11) is 0. The molecule has 0 amide bonds. The van der Waals surface area contributed by atoms with Crippen LogP contribution < -0.4 is 5.73 Å². The number of thiophene rings is 1. The van der Waals surface area contributed by atoms with Crippen LogP contribution in [-0.4, -0.2) is 24.0 Å². The van der Waals surface area contributed by atoms with Crippen molar-refractivity contribution in [3.05, 3.63) is 21.9 Å². The van der Waals surface area contributed by atoms with E-state index in [1.807, 2.05) is 11.3 Å². The number of nitrogens with zero attached hydrogens (tertiary/aromatic N) is 1. The second kappa shape index (κ2) is 7.69. The van der Waals surface area contributed by atoms with Gasteiger partial charge in [0.2, 0.25) is 0 Å². The standard InChI is InChI=1S/C16H24N2S/c1-2-18(15-8-4-3-5-9-15)13-16-14(7-6-11-17)10-12-19-16/h10,12,15H,2-5,8-9,11,13,17H2,1H3. The Morgan fingerprint density at radius 2 is 2.16 bits per heavy atom. The Bertz CT molecular complexity index is 435. The van der Waals surface area contributed by atoms with Gasteiger partial charge in [-0.1, -0.05) is 38.0 Å². The summed E-state index contributed by atoms with van der Waals surface area (Å²) in [4.78, 5) is 4.02. The van der Waals surface area contributed by atoms with E-state index in [0.717, 1.165) is 19.1 Å². The van der Waals surface area contributed by atoms with Crippen molar-refractivity contribution < 1.29 is 0 Å². The highest BCUT2D eigenvalue weighted by atomic mass is 32.1. The quantitative estimate of drug-likeness (QED) is 0.856. The van der Waals surface area contributed by atoms with Crippen molar-refractivity contribution in [2.75, 3.05) is 13.1 Å². The van der Waals surface area contributed by atoms with Crippen molar-refractivity contribution in [3.8, 4) is 11.8 Å². The van der Waals surface area contributed by atoms with Gasteiger partial charge in [0.15, 0.2) is 0 Å². The second-order valence-corrected chi connectivity index (χ2v) is 6.12. The Labute approximate surface area is 121 Å². The third kappa shape index (κ3) is 4.07. The first kappa shape index (κ1) is 14.6. The molecule has 0 atom stereocenters. The predicted molar refractivity (Wildman–Crippen MR) is 83.2 cm³/mol. The minimum atomic E-state index is 0.440. The first-order valence-corrected chi connectivity index (χ1v) is 8.22. The Hall–Kier alpha value is -0.820. The fourth-order valence-corrected chi connectivity index (χ4v) is 3.71. The maximum atomic E-state index is 5.46. The molecule has 1 aliphatic carbocycles. The molecule has 0 aromatic carbocycles. The Kier molecular flexibility index (Phi) is 5.91. The highest BCUT2D eigenvalue weighted by molar-refractivity contribution is 7.10. The van der Waals surface area contributed by atoms with Crippen LogP contribution in [0.5, 0.6) is 0 Å². The minimum absolute atomic E-state index is 0.440. The molecule has 1 aromatic rings. The summed E-state index contributed by atoms with van der Waals surface area (Å²) in [5, 5.41) is 2.14. The summed E-state index contributed by atoms with van der Waals surface area (Å²) in [5.41, 5.74) is 6.63. The first-order valence-electron chi connectivity index (χ1n) is 7.34. The van der Waals surface area contributed by atoms with E-state index in [2.05, 4.69) is 35.1 Å². The Balaban J connectivity index is 2.03. The van der Waals surface area contributed by atoms with Crippen LogP contribution >= 0.6 is 11.3 Å². The lowest BCUT2D eigenvalue weighted by Crippen LogP contribution is -2.36. The van der Waals surface area contributed by atoms with Crippen LogP contribution in [0.4, 0.5) is 0 Å². The maximum absolute atomic E-state index is 5.46. The summed E-state index contributed by atoms with van der Waals surface area (Å²) >= 11 is 1.82. The van der Waals surface area contributed by atoms with Gasteiger partial charge in [0.05, 0.1) is 6.54 Å². The van der Waals surface area contributed by atoms with Gasteiger partial charge in [-0.05, 0) is 30.8 Å². The van der Waals surface area contributed by atoms with E-state index in [4.69, 9.17) is 5.73 Å². The van der Waals surface area contributed by atoms with Gasteiger partial charge in [-0.2, -0.15) is 0 Å². The molecule has 0 saturated heterocycles. The van der Waals surface area contributed by atoms with E-state index >= 15 is 0 Å². The lowest BCUT2D eigenvalue weighted by molar-refractivity contribution is 0.157. The Morgan fingerprint density at radius 1 is 1.37 bits per heavy atom. The zero-order valence-electron chi connectivity index (χ0n) is 11.8. The molecule has 0 unspecified atom stereocenters.